The molecule has 170 valence electrons. The number of carbonyl (C=O) groups excluding carboxylic acids is 1. The van der Waals surface area contributed by atoms with Crippen LogP contribution < -0.4 is 5.32 Å². The molecule has 2 heterocycles. The highest BCUT2D eigenvalue weighted by Crippen LogP contribution is 2.21. The Kier molecular flexibility index (Phi) is 8.17. The Morgan fingerprint density at radius 2 is 1.97 bits per heavy atom. The van der Waals surface area contributed by atoms with E-state index in [1.54, 1.807) is 0 Å². The Morgan fingerprint density at radius 1 is 1.23 bits per heavy atom. The van der Waals surface area contributed by atoms with Crippen LogP contribution in [-0.4, -0.2) is 74.1 Å². The van der Waals surface area contributed by atoms with Crippen molar-refractivity contribution in [1.82, 2.24) is 14.2 Å². The van der Waals surface area contributed by atoms with Gasteiger partial charge in [0.25, 0.3) is 0 Å². The quantitative estimate of drug-likeness (QED) is 0.641. The molecule has 1 aliphatic rings. The van der Waals surface area contributed by atoms with E-state index in [1.165, 1.54) is 21.9 Å². The summed E-state index contributed by atoms with van der Waals surface area (Å²) in [4.78, 5) is 20.0. The third-order valence-electron chi connectivity index (χ3n) is 5.22. The van der Waals surface area contributed by atoms with Gasteiger partial charge in [-0.25, -0.2) is 17.7 Å². The largest absolute Gasteiger partial charge is 0.376 e. The number of thiazole rings is 1. The van der Waals surface area contributed by atoms with Gasteiger partial charge in [0, 0.05) is 37.0 Å². The van der Waals surface area contributed by atoms with E-state index in [1.807, 2.05) is 49.1 Å². The lowest BCUT2D eigenvalue weighted by molar-refractivity contribution is -0.117. The lowest BCUT2D eigenvalue weighted by atomic mass is 10.1. The van der Waals surface area contributed by atoms with Gasteiger partial charge in [-0.3, -0.25) is 9.69 Å². The van der Waals surface area contributed by atoms with Crippen molar-refractivity contribution in [3.8, 4) is 0 Å². The maximum Gasteiger partial charge on any atom is 0.240 e. The van der Waals surface area contributed by atoms with Gasteiger partial charge in [-0.1, -0.05) is 30.3 Å². The molecule has 1 aromatic carbocycles. The summed E-state index contributed by atoms with van der Waals surface area (Å²) in [7, 11) is -3.32. The van der Waals surface area contributed by atoms with Crippen molar-refractivity contribution in [2.24, 2.45) is 5.92 Å². The van der Waals surface area contributed by atoms with Crippen LogP contribution in [0.25, 0.3) is 0 Å². The highest BCUT2D eigenvalue weighted by atomic mass is 32.2. The van der Waals surface area contributed by atoms with Crippen LogP contribution in [-0.2, 0) is 26.2 Å². The number of benzene rings is 1. The van der Waals surface area contributed by atoms with E-state index in [0.29, 0.717) is 44.5 Å². The van der Waals surface area contributed by atoms with Crippen molar-refractivity contribution in [1.29, 1.82) is 0 Å². The fourth-order valence-electron chi connectivity index (χ4n) is 3.50. The summed E-state index contributed by atoms with van der Waals surface area (Å²) in [6.07, 6.45) is 1.23. The number of aromatic nitrogens is 1. The number of rotatable bonds is 8. The van der Waals surface area contributed by atoms with Crippen LogP contribution in [0.15, 0.2) is 30.3 Å². The van der Waals surface area contributed by atoms with Crippen LogP contribution in [0.4, 0.5) is 5.13 Å². The fourth-order valence-corrected chi connectivity index (χ4v) is 5.23. The molecule has 3 rings (SSSR count). The molecule has 0 saturated carbocycles. The van der Waals surface area contributed by atoms with E-state index in [-0.39, 0.29) is 18.4 Å². The molecular weight excluding hydrogens is 436 g/mol. The molecule has 10 heteroatoms. The molecular formula is C21H30N4O4S2. The lowest BCUT2D eigenvalue weighted by Crippen LogP contribution is -2.38. The predicted molar refractivity (Wildman–Crippen MR) is 123 cm³/mol. The number of aryl methyl sites for hydroxylation is 2. The summed E-state index contributed by atoms with van der Waals surface area (Å²) in [5, 5.41) is 3.45. The van der Waals surface area contributed by atoms with E-state index in [2.05, 4.69) is 10.3 Å². The fraction of sp³-hybridized carbons (Fsp3) is 0.524. The SMILES string of the molecule is Cc1nc(NC(=O)CN2CCN(S(C)(=O)=O)CC(COCc3ccccc3)C2)sc1C. The van der Waals surface area contributed by atoms with Crippen molar-refractivity contribution in [2.75, 3.05) is 50.9 Å². The van der Waals surface area contributed by atoms with Crippen LogP contribution in [0.5, 0.6) is 0 Å². The number of amides is 1. The average molecular weight is 467 g/mol. The molecule has 1 N–H and O–H groups in total. The molecule has 0 bridgehead atoms. The van der Waals surface area contributed by atoms with Crippen molar-refractivity contribution in [2.45, 2.75) is 20.5 Å². The number of carbonyl (C=O) groups is 1. The molecule has 2 aromatic rings. The molecule has 8 nitrogen and oxygen atoms in total. The topological polar surface area (TPSA) is 91.8 Å². The van der Waals surface area contributed by atoms with Gasteiger partial charge in [0.1, 0.15) is 0 Å². The number of anilines is 1. The van der Waals surface area contributed by atoms with Gasteiger partial charge in [-0.15, -0.1) is 11.3 Å². The maximum atomic E-state index is 12.5. The summed E-state index contributed by atoms with van der Waals surface area (Å²) >= 11 is 1.45. The number of hydrogen-bond acceptors (Lipinski definition) is 7. The first-order valence-electron chi connectivity index (χ1n) is 10.2. The highest BCUT2D eigenvalue weighted by molar-refractivity contribution is 7.88. The van der Waals surface area contributed by atoms with Crippen LogP contribution >= 0.6 is 11.3 Å². The van der Waals surface area contributed by atoms with Crippen LogP contribution in [0.1, 0.15) is 16.1 Å². The van der Waals surface area contributed by atoms with E-state index >= 15 is 0 Å². The standard InChI is InChI=1S/C21H30N4O4S2/c1-16-17(2)30-21(22-16)23-20(26)13-24-9-10-25(31(3,27)28)12-19(11-24)15-29-14-18-7-5-4-6-8-18/h4-8,19H,9-15H2,1-3H3,(H,22,23,26). The molecule has 31 heavy (non-hydrogen) atoms. The molecule has 1 saturated heterocycles. The number of nitrogens with one attached hydrogen (secondary N) is 1. The minimum Gasteiger partial charge on any atom is -0.376 e. The second-order valence-corrected chi connectivity index (χ2v) is 11.1. The molecule has 1 fully saturated rings. The summed E-state index contributed by atoms with van der Waals surface area (Å²) in [6.45, 7) is 6.78. The first-order chi connectivity index (χ1) is 14.7. The van der Waals surface area contributed by atoms with Crippen molar-refractivity contribution < 1.29 is 17.9 Å². The molecule has 1 unspecified atom stereocenters. The minimum absolute atomic E-state index is 0.0295. The normalized spacial score (nSPS) is 18.6. The third-order valence-corrected chi connectivity index (χ3v) is 7.48. The van der Waals surface area contributed by atoms with Gasteiger partial charge in [0.2, 0.25) is 15.9 Å². The third kappa shape index (κ3) is 7.36. The summed E-state index contributed by atoms with van der Waals surface area (Å²) in [6, 6.07) is 9.86. The zero-order valence-corrected chi connectivity index (χ0v) is 19.8. The molecule has 0 radical (unpaired) electrons. The predicted octanol–water partition coefficient (Wildman–Crippen LogP) is 2.11. The monoisotopic (exact) mass is 466 g/mol. The molecule has 1 aliphatic heterocycles. The Hall–Kier alpha value is -1.85. The van der Waals surface area contributed by atoms with Crippen LogP contribution in [0.3, 0.4) is 0 Å². The second-order valence-electron chi connectivity index (χ2n) is 7.93. The molecule has 1 atom stereocenters. The van der Waals surface area contributed by atoms with Gasteiger partial charge in [-0.05, 0) is 19.4 Å². The molecule has 1 aromatic heterocycles. The van der Waals surface area contributed by atoms with Gasteiger partial charge in [-0.2, -0.15) is 0 Å². The van der Waals surface area contributed by atoms with Crippen LogP contribution in [0, 0.1) is 19.8 Å². The molecule has 0 aliphatic carbocycles. The van der Waals surface area contributed by atoms with E-state index in [4.69, 9.17) is 4.74 Å². The van der Waals surface area contributed by atoms with Gasteiger partial charge >= 0.3 is 0 Å². The Morgan fingerprint density at radius 3 is 2.61 bits per heavy atom. The van der Waals surface area contributed by atoms with Crippen LogP contribution in [0.2, 0.25) is 0 Å². The first-order valence-corrected chi connectivity index (χ1v) is 12.9. The maximum absolute atomic E-state index is 12.5. The van der Waals surface area contributed by atoms with E-state index in [0.717, 1.165) is 16.1 Å². The van der Waals surface area contributed by atoms with Crippen molar-refractivity contribution >= 4 is 32.4 Å². The van der Waals surface area contributed by atoms with Gasteiger partial charge < -0.3 is 10.1 Å². The highest BCUT2D eigenvalue weighted by Gasteiger charge is 2.28. The minimum atomic E-state index is -3.32. The number of sulfonamides is 1. The van der Waals surface area contributed by atoms with Gasteiger partial charge in [0.05, 0.1) is 31.7 Å². The number of ether oxygens (including phenoxy) is 1. The first kappa shape index (κ1) is 23.8. The smallest absolute Gasteiger partial charge is 0.240 e. The zero-order chi connectivity index (χ0) is 22.4. The molecule has 0 spiro atoms. The van der Waals surface area contributed by atoms with E-state index < -0.39 is 10.0 Å². The number of nitrogens with zero attached hydrogens (tertiary/aromatic N) is 3. The summed E-state index contributed by atoms with van der Waals surface area (Å²) in [5.74, 6) is -0.177. The van der Waals surface area contributed by atoms with Crippen molar-refractivity contribution in [3.63, 3.8) is 0 Å². The molecule has 1 amide bonds. The summed E-state index contributed by atoms with van der Waals surface area (Å²) in [5.41, 5.74) is 1.98. The Labute approximate surface area is 188 Å². The average Bonchev–Trinajstić information content (AvgIpc) is 2.88. The number of hydrogen-bond donors (Lipinski definition) is 1. The second kappa shape index (κ2) is 10.6. The lowest BCUT2D eigenvalue weighted by Gasteiger charge is -2.23. The van der Waals surface area contributed by atoms with Crippen molar-refractivity contribution in [3.05, 3.63) is 46.5 Å². The Balaban J connectivity index is 1.59. The Bertz CT molecular complexity index is 959. The van der Waals surface area contributed by atoms with Gasteiger partial charge in [0.15, 0.2) is 5.13 Å². The summed E-state index contributed by atoms with van der Waals surface area (Å²) < 4.78 is 31.7. The zero-order valence-electron chi connectivity index (χ0n) is 18.2. The van der Waals surface area contributed by atoms with E-state index in [9.17, 15) is 13.2 Å².